The summed E-state index contributed by atoms with van der Waals surface area (Å²) in [6, 6.07) is 3.82. The van der Waals surface area contributed by atoms with Gasteiger partial charge in [-0.3, -0.25) is 0 Å². The fourth-order valence-corrected chi connectivity index (χ4v) is 1.57. The molecule has 3 N–H and O–H groups in total. The van der Waals surface area contributed by atoms with Gasteiger partial charge >= 0.3 is 0 Å². The standard InChI is InChI=1S/C9H8N4O/c14-3-9-12-7-1-5-6(11-4-10-5)2-8(7)13-9/h1-2,4,14H,3H2,(H,10,11)(H,12,13). The zero-order chi connectivity index (χ0) is 9.54. The Kier molecular flexibility index (Phi) is 1.37. The number of fused-ring (bicyclic) bond motifs is 2. The van der Waals surface area contributed by atoms with Crippen LogP contribution in [0.15, 0.2) is 18.5 Å². The lowest BCUT2D eigenvalue weighted by molar-refractivity contribution is 0.273. The van der Waals surface area contributed by atoms with E-state index in [2.05, 4.69) is 19.9 Å². The van der Waals surface area contributed by atoms with Crippen molar-refractivity contribution in [1.82, 2.24) is 19.9 Å². The summed E-state index contributed by atoms with van der Waals surface area (Å²) in [6.45, 7) is -0.0734. The van der Waals surface area contributed by atoms with Gasteiger partial charge in [0.25, 0.3) is 0 Å². The maximum absolute atomic E-state index is 8.91. The molecule has 0 saturated carbocycles. The second-order valence-electron chi connectivity index (χ2n) is 3.13. The van der Waals surface area contributed by atoms with Gasteiger partial charge in [0.1, 0.15) is 12.4 Å². The topological polar surface area (TPSA) is 77.6 Å². The SMILES string of the molecule is OCc1nc2cc3nc[nH]c3cc2[nH]1. The third-order valence-corrected chi connectivity index (χ3v) is 2.22. The van der Waals surface area contributed by atoms with Gasteiger partial charge in [-0.1, -0.05) is 0 Å². The van der Waals surface area contributed by atoms with E-state index in [9.17, 15) is 0 Å². The maximum Gasteiger partial charge on any atom is 0.133 e. The molecule has 2 aromatic heterocycles. The Balaban J connectivity index is 2.40. The molecular weight excluding hydrogens is 180 g/mol. The molecule has 70 valence electrons. The van der Waals surface area contributed by atoms with Crippen molar-refractivity contribution in [2.75, 3.05) is 0 Å². The first-order chi connectivity index (χ1) is 6.86. The Morgan fingerprint density at radius 2 is 2.14 bits per heavy atom. The lowest BCUT2D eigenvalue weighted by Gasteiger charge is -1.87. The predicted octanol–water partition coefficient (Wildman–Crippen LogP) is 0.931. The first-order valence-corrected chi connectivity index (χ1v) is 4.29. The van der Waals surface area contributed by atoms with Crippen LogP contribution in [0.4, 0.5) is 0 Å². The van der Waals surface area contributed by atoms with Crippen molar-refractivity contribution < 1.29 is 5.11 Å². The zero-order valence-electron chi connectivity index (χ0n) is 7.28. The van der Waals surface area contributed by atoms with Crippen LogP contribution in [0.25, 0.3) is 22.1 Å². The number of hydrogen-bond acceptors (Lipinski definition) is 3. The first-order valence-electron chi connectivity index (χ1n) is 4.29. The molecule has 0 unspecified atom stereocenters. The van der Waals surface area contributed by atoms with Crippen LogP contribution in [-0.4, -0.2) is 25.0 Å². The molecular formula is C9H8N4O. The molecule has 1 aromatic carbocycles. The molecule has 0 bridgehead atoms. The third-order valence-electron chi connectivity index (χ3n) is 2.22. The summed E-state index contributed by atoms with van der Waals surface area (Å²) < 4.78 is 0. The van der Waals surface area contributed by atoms with Gasteiger partial charge < -0.3 is 15.1 Å². The first kappa shape index (κ1) is 7.52. The summed E-state index contributed by atoms with van der Waals surface area (Å²) >= 11 is 0. The molecule has 0 aliphatic carbocycles. The molecule has 2 heterocycles. The smallest absolute Gasteiger partial charge is 0.133 e. The van der Waals surface area contributed by atoms with E-state index in [1.165, 1.54) is 0 Å². The van der Waals surface area contributed by atoms with Crippen molar-refractivity contribution in [1.29, 1.82) is 0 Å². The normalized spacial score (nSPS) is 11.5. The highest BCUT2D eigenvalue weighted by Gasteiger charge is 2.04. The molecule has 3 rings (SSSR count). The summed E-state index contributed by atoms with van der Waals surface area (Å²) in [7, 11) is 0. The maximum atomic E-state index is 8.91. The molecule has 14 heavy (non-hydrogen) atoms. The number of aromatic amines is 2. The number of aliphatic hydroxyl groups excluding tert-OH is 1. The minimum Gasteiger partial charge on any atom is -0.388 e. The van der Waals surface area contributed by atoms with Gasteiger partial charge in [-0.25, -0.2) is 9.97 Å². The van der Waals surface area contributed by atoms with E-state index in [0.29, 0.717) is 5.82 Å². The quantitative estimate of drug-likeness (QED) is 0.531. The Morgan fingerprint density at radius 3 is 3.00 bits per heavy atom. The largest absolute Gasteiger partial charge is 0.388 e. The molecule has 0 aliphatic heterocycles. The average molecular weight is 188 g/mol. The number of benzene rings is 1. The van der Waals surface area contributed by atoms with Gasteiger partial charge in [0.15, 0.2) is 0 Å². The highest BCUT2D eigenvalue weighted by molar-refractivity contribution is 5.91. The van der Waals surface area contributed by atoms with Crippen LogP contribution < -0.4 is 0 Å². The molecule has 0 aliphatic rings. The van der Waals surface area contributed by atoms with E-state index in [4.69, 9.17) is 5.11 Å². The Morgan fingerprint density at radius 1 is 1.21 bits per heavy atom. The third kappa shape index (κ3) is 0.928. The van der Waals surface area contributed by atoms with Gasteiger partial charge in [0.05, 0.1) is 28.4 Å². The van der Waals surface area contributed by atoms with Crippen LogP contribution in [-0.2, 0) is 6.61 Å². The summed E-state index contributed by atoms with van der Waals surface area (Å²) in [6.07, 6.45) is 1.65. The number of aliphatic hydroxyl groups is 1. The number of imidazole rings is 2. The van der Waals surface area contributed by atoms with Crippen LogP contribution in [0.5, 0.6) is 0 Å². The van der Waals surface area contributed by atoms with Crippen LogP contribution >= 0.6 is 0 Å². The lowest BCUT2D eigenvalue weighted by Crippen LogP contribution is -1.83. The molecule has 0 amide bonds. The van der Waals surface area contributed by atoms with E-state index in [1.54, 1.807) is 6.33 Å². The Labute approximate surface area is 78.8 Å². The molecule has 0 radical (unpaired) electrons. The number of nitrogens with zero attached hydrogens (tertiary/aromatic N) is 2. The second-order valence-corrected chi connectivity index (χ2v) is 3.13. The molecule has 3 aromatic rings. The summed E-state index contributed by atoms with van der Waals surface area (Å²) in [5, 5.41) is 8.91. The predicted molar refractivity (Wildman–Crippen MR) is 51.7 cm³/mol. The van der Waals surface area contributed by atoms with E-state index in [-0.39, 0.29) is 6.61 Å². The molecule has 0 saturated heterocycles. The summed E-state index contributed by atoms with van der Waals surface area (Å²) in [5.41, 5.74) is 3.58. The number of rotatable bonds is 1. The summed E-state index contributed by atoms with van der Waals surface area (Å²) in [4.78, 5) is 14.4. The van der Waals surface area contributed by atoms with Gasteiger partial charge in [0, 0.05) is 0 Å². The average Bonchev–Trinajstić information content (AvgIpc) is 2.77. The van der Waals surface area contributed by atoms with E-state index in [0.717, 1.165) is 22.1 Å². The highest BCUT2D eigenvalue weighted by atomic mass is 16.3. The van der Waals surface area contributed by atoms with Crippen LogP contribution in [0, 0.1) is 0 Å². The van der Waals surface area contributed by atoms with Crippen molar-refractivity contribution >= 4 is 22.1 Å². The van der Waals surface area contributed by atoms with Crippen LogP contribution in [0.1, 0.15) is 5.82 Å². The number of nitrogens with one attached hydrogen (secondary N) is 2. The van der Waals surface area contributed by atoms with Crippen molar-refractivity contribution in [3.8, 4) is 0 Å². The van der Waals surface area contributed by atoms with Gasteiger partial charge in [-0.2, -0.15) is 0 Å². The van der Waals surface area contributed by atoms with Crippen molar-refractivity contribution in [3.05, 3.63) is 24.3 Å². The van der Waals surface area contributed by atoms with Crippen molar-refractivity contribution in [2.24, 2.45) is 0 Å². The number of aromatic nitrogens is 4. The molecule has 5 nitrogen and oxygen atoms in total. The minimum atomic E-state index is -0.0734. The fourth-order valence-electron chi connectivity index (χ4n) is 1.57. The van der Waals surface area contributed by atoms with Crippen LogP contribution in [0.3, 0.4) is 0 Å². The molecule has 0 atom stereocenters. The van der Waals surface area contributed by atoms with E-state index in [1.807, 2.05) is 12.1 Å². The van der Waals surface area contributed by atoms with Gasteiger partial charge in [0.2, 0.25) is 0 Å². The van der Waals surface area contributed by atoms with E-state index >= 15 is 0 Å². The number of H-pyrrole nitrogens is 2. The van der Waals surface area contributed by atoms with Crippen molar-refractivity contribution in [2.45, 2.75) is 6.61 Å². The van der Waals surface area contributed by atoms with Gasteiger partial charge in [-0.15, -0.1) is 0 Å². The Bertz CT molecular complexity index is 547. The Hall–Kier alpha value is -1.88. The zero-order valence-corrected chi connectivity index (χ0v) is 7.28. The van der Waals surface area contributed by atoms with Crippen LogP contribution in [0.2, 0.25) is 0 Å². The van der Waals surface area contributed by atoms with Crippen molar-refractivity contribution in [3.63, 3.8) is 0 Å². The monoisotopic (exact) mass is 188 g/mol. The van der Waals surface area contributed by atoms with Gasteiger partial charge in [-0.05, 0) is 12.1 Å². The minimum absolute atomic E-state index is 0.0734. The van der Waals surface area contributed by atoms with E-state index < -0.39 is 0 Å². The fraction of sp³-hybridized carbons (Fsp3) is 0.111. The second kappa shape index (κ2) is 2.55. The molecule has 0 fully saturated rings. The highest BCUT2D eigenvalue weighted by Crippen LogP contribution is 2.18. The lowest BCUT2D eigenvalue weighted by atomic mass is 10.3. The summed E-state index contributed by atoms with van der Waals surface area (Å²) in [5.74, 6) is 0.577. The molecule has 5 heteroatoms. The number of hydrogen-bond donors (Lipinski definition) is 3. The molecule has 0 spiro atoms.